The lowest BCUT2D eigenvalue weighted by Crippen LogP contribution is -2.26. The Labute approximate surface area is 117 Å². The number of aliphatic carboxylic acids is 1. The number of carboxylic acids is 1. The van der Waals surface area contributed by atoms with Crippen molar-refractivity contribution in [3.8, 4) is 0 Å². The fraction of sp³-hybridized carbons (Fsp3) is 0.692. The first-order valence-corrected chi connectivity index (χ1v) is 6.19. The van der Waals surface area contributed by atoms with Crippen LogP contribution in [0.4, 0.5) is 0 Å². The Morgan fingerprint density at radius 1 is 1.10 bits per heavy atom. The molecule has 1 saturated heterocycles. The van der Waals surface area contributed by atoms with Crippen molar-refractivity contribution < 1.29 is 33.8 Å². The molecule has 0 aromatic carbocycles. The number of esters is 3. The summed E-state index contributed by atoms with van der Waals surface area (Å²) in [6, 6.07) is 0. The highest BCUT2D eigenvalue weighted by Crippen LogP contribution is 2.21. The summed E-state index contributed by atoms with van der Waals surface area (Å²) in [5.41, 5.74) is 0. The van der Waals surface area contributed by atoms with Gasteiger partial charge in [0, 0.05) is 0 Å². The van der Waals surface area contributed by atoms with Gasteiger partial charge in [-0.15, -0.1) is 0 Å². The fourth-order valence-corrected chi connectivity index (χ4v) is 1.30. The van der Waals surface area contributed by atoms with Crippen molar-refractivity contribution in [2.45, 2.75) is 27.7 Å². The van der Waals surface area contributed by atoms with E-state index in [1.807, 2.05) is 0 Å². The summed E-state index contributed by atoms with van der Waals surface area (Å²) in [7, 11) is 1.24. The van der Waals surface area contributed by atoms with Crippen LogP contribution in [0.2, 0.25) is 0 Å². The van der Waals surface area contributed by atoms with Crippen LogP contribution in [0.5, 0.6) is 0 Å². The van der Waals surface area contributed by atoms with Crippen LogP contribution in [-0.4, -0.2) is 36.1 Å². The van der Waals surface area contributed by atoms with E-state index < -0.39 is 35.7 Å². The Bertz CT molecular complexity index is 384. The zero-order chi connectivity index (χ0) is 16.0. The molecule has 114 valence electrons. The van der Waals surface area contributed by atoms with Gasteiger partial charge in [-0.25, -0.2) is 0 Å². The molecule has 0 saturated carbocycles. The summed E-state index contributed by atoms with van der Waals surface area (Å²) < 4.78 is 8.69. The Morgan fingerprint density at radius 3 is 1.70 bits per heavy atom. The maximum absolute atomic E-state index is 10.8. The van der Waals surface area contributed by atoms with Crippen LogP contribution in [0.25, 0.3) is 0 Å². The van der Waals surface area contributed by atoms with Crippen molar-refractivity contribution in [3.63, 3.8) is 0 Å². The second-order valence-electron chi connectivity index (χ2n) is 4.76. The highest BCUT2D eigenvalue weighted by atomic mass is 16.6. The maximum atomic E-state index is 10.8. The number of ether oxygens (including phenoxy) is 2. The van der Waals surface area contributed by atoms with E-state index in [0.29, 0.717) is 0 Å². The lowest BCUT2D eigenvalue weighted by atomic mass is 9.97. The molecular formula is C13H20O7. The van der Waals surface area contributed by atoms with Gasteiger partial charge in [0.15, 0.2) is 0 Å². The van der Waals surface area contributed by atoms with E-state index >= 15 is 0 Å². The fourth-order valence-electron chi connectivity index (χ4n) is 1.30. The average molecular weight is 288 g/mol. The minimum absolute atomic E-state index is 0.252. The van der Waals surface area contributed by atoms with Crippen molar-refractivity contribution in [2.24, 2.45) is 23.7 Å². The van der Waals surface area contributed by atoms with E-state index in [2.05, 4.69) is 9.47 Å². The number of hydrogen-bond acceptors (Lipinski definition) is 6. The van der Waals surface area contributed by atoms with Crippen molar-refractivity contribution in [2.75, 3.05) is 7.11 Å². The molecule has 20 heavy (non-hydrogen) atoms. The summed E-state index contributed by atoms with van der Waals surface area (Å²) >= 11 is 0. The molecule has 7 nitrogen and oxygen atoms in total. The molecule has 0 amide bonds. The monoisotopic (exact) mass is 288 g/mol. The van der Waals surface area contributed by atoms with E-state index in [-0.39, 0.29) is 11.8 Å². The number of carbonyl (C=O) groups is 4. The van der Waals surface area contributed by atoms with Gasteiger partial charge in [-0.3, -0.25) is 19.2 Å². The Balaban J connectivity index is 0.000000367. The predicted octanol–water partition coefficient (Wildman–Crippen LogP) is 0.858. The molecule has 4 atom stereocenters. The van der Waals surface area contributed by atoms with Crippen molar-refractivity contribution in [3.05, 3.63) is 0 Å². The van der Waals surface area contributed by atoms with E-state index in [0.717, 1.165) is 0 Å². The van der Waals surface area contributed by atoms with Crippen LogP contribution in [0.3, 0.4) is 0 Å². The SMILES string of the molecule is CC1C(=O)OC(=O)C1C.COC(=O)C(C)C(C)C(=O)O. The van der Waals surface area contributed by atoms with E-state index in [1.165, 1.54) is 21.0 Å². The molecule has 1 N–H and O–H groups in total. The van der Waals surface area contributed by atoms with E-state index in [1.54, 1.807) is 13.8 Å². The molecule has 0 aliphatic carbocycles. The Morgan fingerprint density at radius 2 is 1.50 bits per heavy atom. The summed E-state index contributed by atoms with van der Waals surface area (Å²) in [6.45, 7) is 6.39. The van der Waals surface area contributed by atoms with E-state index in [4.69, 9.17) is 5.11 Å². The topological polar surface area (TPSA) is 107 Å². The largest absolute Gasteiger partial charge is 0.481 e. The first kappa shape index (κ1) is 18.1. The molecule has 7 heteroatoms. The van der Waals surface area contributed by atoms with Gasteiger partial charge in [-0.1, -0.05) is 27.7 Å². The standard InChI is InChI=1S/C7H12O4.C6H8O3/c1-4(6(8)9)5(2)7(10)11-3;1-3-4(2)6(8)9-5(3)7/h4-5H,1-3H3,(H,8,9);3-4H,1-2H3. The summed E-state index contributed by atoms with van der Waals surface area (Å²) in [5.74, 6) is -4.04. The third-order valence-electron chi connectivity index (χ3n) is 3.41. The van der Waals surface area contributed by atoms with Crippen molar-refractivity contribution in [1.29, 1.82) is 0 Å². The van der Waals surface area contributed by atoms with Gasteiger partial charge in [-0.05, 0) is 0 Å². The quantitative estimate of drug-likeness (QED) is 0.606. The highest BCUT2D eigenvalue weighted by molar-refractivity contribution is 5.95. The van der Waals surface area contributed by atoms with Gasteiger partial charge in [0.1, 0.15) is 0 Å². The molecule has 0 bridgehead atoms. The summed E-state index contributed by atoms with van der Waals surface area (Å²) in [5, 5.41) is 8.49. The third kappa shape index (κ3) is 4.64. The summed E-state index contributed by atoms with van der Waals surface area (Å²) in [4.78, 5) is 42.2. The van der Waals surface area contributed by atoms with Crippen LogP contribution in [0.1, 0.15) is 27.7 Å². The number of cyclic esters (lactones) is 2. The van der Waals surface area contributed by atoms with Crippen LogP contribution >= 0.6 is 0 Å². The lowest BCUT2D eigenvalue weighted by molar-refractivity contribution is -0.154. The number of carbonyl (C=O) groups excluding carboxylic acids is 3. The Kier molecular flexibility index (Phi) is 6.89. The van der Waals surface area contributed by atoms with Gasteiger partial charge in [-0.2, -0.15) is 0 Å². The normalized spacial score (nSPS) is 24.1. The molecule has 0 aromatic rings. The van der Waals surface area contributed by atoms with Gasteiger partial charge in [0.05, 0.1) is 30.8 Å². The smallest absolute Gasteiger partial charge is 0.317 e. The van der Waals surface area contributed by atoms with Gasteiger partial charge < -0.3 is 14.6 Å². The molecule has 0 radical (unpaired) electrons. The number of carboxylic acid groups (broad SMARTS) is 1. The molecule has 0 aromatic heterocycles. The first-order chi connectivity index (χ1) is 9.13. The minimum atomic E-state index is -0.983. The van der Waals surface area contributed by atoms with Crippen LogP contribution in [0.15, 0.2) is 0 Å². The molecular weight excluding hydrogens is 268 g/mol. The lowest BCUT2D eigenvalue weighted by Gasteiger charge is -2.12. The van der Waals surface area contributed by atoms with Gasteiger partial charge in [0.25, 0.3) is 0 Å². The van der Waals surface area contributed by atoms with Crippen molar-refractivity contribution in [1.82, 2.24) is 0 Å². The molecule has 0 spiro atoms. The highest BCUT2D eigenvalue weighted by Gasteiger charge is 2.37. The molecule has 4 unspecified atom stereocenters. The van der Waals surface area contributed by atoms with Crippen LogP contribution < -0.4 is 0 Å². The van der Waals surface area contributed by atoms with Gasteiger partial charge in [0.2, 0.25) is 0 Å². The predicted molar refractivity (Wildman–Crippen MR) is 67.4 cm³/mol. The van der Waals surface area contributed by atoms with Gasteiger partial charge >= 0.3 is 23.9 Å². The number of methoxy groups -OCH3 is 1. The zero-order valence-corrected chi connectivity index (χ0v) is 12.2. The average Bonchev–Trinajstić information content (AvgIpc) is 2.63. The minimum Gasteiger partial charge on any atom is -0.481 e. The molecule has 1 heterocycles. The Hall–Kier alpha value is -1.92. The second-order valence-corrected chi connectivity index (χ2v) is 4.76. The summed E-state index contributed by atoms with van der Waals surface area (Å²) in [6.07, 6.45) is 0. The third-order valence-corrected chi connectivity index (χ3v) is 3.41. The number of hydrogen-bond donors (Lipinski definition) is 1. The molecule has 1 aliphatic rings. The zero-order valence-electron chi connectivity index (χ0n) is 12.2. The first-order valence-electron chi connectivity index (χ1n) is 6.19. The number of rotatable bonds is 3. The van der Waals surface area contributed by atoms with Crippen molar-refractivity contribution >= 4 is 23.9 Å². The van der Waals surface area contributed by atoms with Crippen LogP contribution in [0, 0.1) is 23.7 Å². The van der Waals surface area contributed by atoms with E-state index in [9.17, 15) is 19.2 Å². The molecule has 1 fully saturated rings. The van der Waals surface area contributed by atoms with Crippen LogP contribution in [-0.2, 0) is 28.7 Å². The molecule has 1 rings (SSSR count). The molecule has 1 aliphatic heterocycles. The second kappa shape index (κ2) is 7.62. The maximum Gasteiger partial charge on any atom is 0.317 e.